The Labute approximate surface area is 38.3 Å². The van der Waals surface area contributed by atoms with Gasteiger partial charge in [0.15, 0.2) is 5.67 Å². The third-order valence-electron chi connectivity index (χ3n) is 1.80. The monoisotopic (exact) mass is 108 g/mol. The second-order valence-electron chi connectivity index (χ2n) is 2.24. The van der Waals surface area contributed by atoms with E-state index in [1.165, 1.54) is 0 Å². The number of hydrogen-bond acceptors (Lipinski definition) is 0. The van der Waals surface area contributed by atoms with Crippen molar-refractivity contribution in [2.45, 2.75) is 18.0 Å². The second-order valence-corrected chi connectivity index (χ2v) is 2.24. The first-order chi connectivity index (χ1) is 3.09. The molecule has 0 heterocycles. The van der Waals surface area contributed by atoms with Crippen LogP contribution in [0.15, 0.2) is 0 Å². The Morgan fingerprint density at radius 3 is 1.57 bits per heavy atom. The number of hydrogen-bond donors (Lipinski definition) is 0. The molecule has 0 aliphatic heterocycles. The Bertz CT molecular complexity index is 121. The molecule has 0 aromatic heterocycles. The summed E-state index contributed by atoms with van der Waals surface area (Å²) in [4.78, 5) is 0. The molecule has 0 N–H and O–H groups in total. The van der Waals surface area contributed by atoms with E-state index >= 15 is 0 Å². The highest BCUT2D eigenvalue weighted by Gasteiger charge is 2.96. The maximum absolute atomic E-state index is 11.9. The van der Waals surface area contributed by atoms with Crippen LogP contribution in [0.4, 0.5) is 13.2 Å². The molecule has 2 fully saturated rings. The van der Waals surface area contributed by atoms with E-state index in [0.717, 1.165) is 0 Å². The van der Waals surface area contributed by atoms with Crippen molar-refractivity contribution in [3.8, 4) is 0 Å². The normalized spacial score (nSPS) is 61.3. The van der Waals surface area contributed by atoms with E-state index in [0.29, 0.717) is 0 Å². The van der Waals surface area contributed by atoms with E-state index in [2.05, 4.69) is 0 Å². The van der Waals surface area contributed by atoms with Crippen LogP contribution in [-0.4, -0.2) is 11.6 Å². The molecule has 2 atom stereocenters. The van der Waals surface area contributed by atoms with Crippen LogP contribution in [-0.2, 0) is 0 Å². The van der Waals surface area contributed by atoms with Crippen molar-refractivity contribution in [1.29, 1.82) is 0 Å². The van der Waals surface area contributed by atoms with Crippen molar-refractivity contribution in [1.82, 2.24) is 0 Å². The van der Waals surface area contributed by atoms with Crippen molar-refractivity contribution in [3.05, 3.63) is 0 Å². The maximum Gasteiger partial charge on any atom is 0.288 e. The molecule has 2 aliphatic rings. The van der Waals surface area contributed by atoms with Gasteiger partial charge in [0.1, 0.15) is 0 Å². The number of alkyl halides is 3. The predicted octanol–water partition coefficient (Wildman–Crippen LogP) is 1.36. The fraction of sp³-hybridized carbons (Fsp3) is 1.00. The smallest absolute Gasteiger partial charge is 0.237 e. The van der Waals surface area contributed by atoms with Gasteiger partial charge in [0.2, 0.25) is 0 Å². The summed E-state index contributed by atoms with van der Waals surface area (Å²) in [7, 11) is 0. The summed E-state index contributed by atoms with van der Waals surface area (Å²) in [6.07, 6.45) is 0.0972. The minimum absolute atomic E-state index is 0.0972. The van der Waals surface area contributed by atoms with Crippen LogP contribution >= 0.6 is 0 Å². The Morgan fingerprint density at radius 2 is 1.57 bits per heavy atom. The SMILES string of the molecule is FC1(F)C2CC21F. The minimum Gasteiger partial charge on any atom is -0.237 e. The molecular formula is C4H3F3. The minimum atomic E-state index is -2.92. The zero-order valence-electron chi connectivity index (χ0n) is 3.42. The molecule has 3 heteroatoms. The van der Waals surface area contributed by atoms with Gasteiger partial charge in [0.25, 0.3) is 5.92 Å². The molecule has 0 saturated heterocycles. The lowest BCUT2D eigenvalue weighted by molar-refractivity contribution is 0.0118. The Hall–Kier alpha value is -0.210. The third kappa shape index (κ3) is 0.175. The van der Waals surface area contributed by atoms with Gasteiger partial charge >= 0.3 is 0 Å². The zero-order chi connectivity index (χ0) is 5.28. The quantitative estimate of drug-likeness (QED) is 0.439. The van der Waals surface area contributed by atoms with Crippen LogP contribution in [0.2, 0.25) is 0 Å². The standard InChI is InChI=1S/C4H3F3/c5-3-1-2(3)4(3,6)7/h2H,1H2. The fourth-order valence-electron chi connectivity index (χ4n) is 0.869. The first-order valence-corrected chi connectivity index (χ1v) is 2.16. The Kier molecular flexibility index (Phi) is 0.286. The van der Waals surface area contributed by atoms with Crippen LogP contribution in [0.5, 0.6) is 0 Å². The molecule has 0 aromatic carbocycles. The van der Waals surface area contributed by atoms with Gasteiger partial charge in [-0.3, -0.25) is 0 Å². The lowest BCUT2D eigenvalue weighted by atomic mass is 10.3. The molecule has 0 nitrogen and oxygen atoms in total. The first-order valence-electron chi connectivity index (χ1n) is 2.16. The lowest BCUT2D eigenvalue weighted by Gasteiger charge is -1.98. The van der Waals surface area contributed by atoms with Crippen molar-refractivity contribution in [2.24, 2.45) is 5.92 Å². The van der Waals surface area contributed by atoms with Gasteiger partial charge < -0.3 is 0 Å². The summed E-state index contributed by atoms with van der Waals surface area (Å²) < 4.78 is 35.1. The number of fused-ring (bicyclic) bond motifs is 1. The van der Waals surface area contributed by atoms with Crippen molar-refractivity contribution < 1.29 is 13.2 Å². The predicted molar refractivity (Wildman–Crippen MR) is 16.9 cm³/mol. The van der Waals surface area contributed by atoms with Gasteiger partial charge in [-0.2, -0.15) is 0 Å². The zero-order valence-corrected chi connectivity index (χ0v) is 3.42. The highest BCUT2D eigenvalue weighted by molar-refractivity contribution is 5.35. The summed E-state index contributed by atoms with van der Waals surface area (Å²) in [5.41, 5.74) is -2.02. The molecule has 40 valence electrons. The first kappa shape index (κ1) is 3.75. The van der Waals surface area contributed by atoms with Crippen LogP contribution in [0.25, 0.3) is 0 Å². The molecule has 0 amide bonds. The van der Waals surface area contributed by atoms with Crippen molar-refractivity contribution in [3.63, 3.8) is 0 Å². The molecule has 2 aliphatic carbocycles. The van der Waals surface area contributed by atoms with Crippen molar-refractivity contribution in [2.75, 3.05) is 0 Å². The van der Waals surface area contributed by atoms with Gasteiger partial charge in [-0.1, -0.05) is 0 Å². The van der Waals surface area contributed by atoms with Gasteiger partial charge in [-0.05, 0) is 6.42 Å². The van der Waals surface area contributed by atoms with Gasteiger partial charge in [-0.15, -0.1) is 0 Å². The van der Waals surface area contributed by atoms with Crippen molar-refractivity contribution >= 4 is 0 Å². The third-order valence-corrected chi connectivity index (χ3v) is 1.80. The molecule has 7 heavy (non-hydrogen) atoms. The highest BCUT2D eigenvalue weighted by Crippen LogP contribution is 2.80. The average molecular weight is 108 g/mol. The van der Waals surface area contributed by atoms with E-state index in [1.54, 1.807) is 0 Å². The Morgan fingerprint density at radius 1 is 1.29 bits per heavy atom. The second kappa shape index (κ2) is 0.533. The van der Waals surface area contributed by atoms with E-state index < -0.39 is 17.5 Å². The lowest BCUT2D eigenvalue weighted by Crippen LogP contribution is -2.10. The topological polar surface area (TPSA) is 0 Å². The summed E-state index contributed by atoms with van der Waals surface area (Å²) in [6.45, 7) is 0. The highest BCUT2D eigenvalue weighted by atomic mass is 19.3. The summed E-state index contributed by atoms with van der Waals surface area (Å²) in [6, 6.07) is 0. The van der Waals surface area contributed by atoms with E-state index in [4.69, 9.17) is 0 Å². The van der Waals surface area contributed by atoms with Crippen LogP contribution in [0.1, 0.15) is 6.42 Å². The summed E-state index contributed by atoms with van der Waals surface area (Å²) in [5.74, 6) is -3.81. The molecule has 2 saturated carbocycles. The van der Waals surface area contributed by atoms with E-state index in [-0.39, 0.29) is 6.42 Å². The van der Waals surface area contributed by atoms with Crippen LogP contribution in [0, 0.1) is 5.92 Å². The van der Waals surface area contributed by atoms with Gasteiger partial charge in [0, 0.05) is 0 Å². The van der Waals surface area contributed by atoms with E-state index in [1.807, 2.05) is 0 Å². The fourth-order valence-corrected chi connectivity index (χ4v) is 0.869. The molecule has 2 unspecified atom stereocenters. The summed E-state index contributed by atoms with van der Waals surface area (Å²) >= 11 is 0. The summed E-state index contributed by atoms with van der Waals surface area (Å²) in [5, 5.41) is 0. The average Bonchev–Trinajstić information content (AvgIpc) is 2.26. The molecular weight excluding hydrogens is 105 g/mol. The van der Waals surface area contributed by atoms with Crippen LogP contribution < -0.4 is 0 Å². The molecule has 0 bridgehead atoms. The molecule has 0 spiro atoms. The van der Waals surface area contributed by atoms with Crippen LogP contribution in [0.3, 0.4) is 0 Å². The number of halogens is 3. The van der Waals surface area contributed by atoms with E-state index in [9.17, 15) is 13.2 Å². The molecule has 0 aromatic rings. The number of rotatable bonds is 0. The van der Waals surface area contributed by atoms with Gasteiger partial charge in [-0.25, -0.2) is 13.2 Å². The largest absolute Gasteiger partial charge is 0.288 e. The Balaban J connectivity index is 2.28. The maximum atomic E-state index is 11.9. The molecule has 0 radical (unpaired) electrons. The molecule has 2 rings (SSSR count). The van der Waals surface area contributed by atoms with Gasteiger partial charge in [0.05, 0.1) is 5.92 Å².